The normalized spacial score (nSPS) is 10.6. The van der Waals surface area contributed by atoms with Gasteiger partial charge in [-0.1, -0.05) is 18.2 Å². The first-order chi connectivity index (χ1) is 8.36. The van der Waals surface area contributed by atoms with Crippen molar-refractivity contribution >= 4 is 16.8 Å². The summed E-state index contributed by atoms with van der Waals surface area (Å²) in [5, 5.41) is 3.08. The summed E-state index contributed by atoms with van der Waals surface area (Å²) in [6, 6.07) is 15.8. The third-order valence-corrected chi connectivity index (χ3v) is 2.70. The molecule has 0 radical (unpaired) electrons. The van der Waals surface area contributed by atoms with E-state index in [4.69, 9.17) is 4.42 Å². The van der Waals surface area contributed by atoms with Crippen molar-refractivity contribution in [1.29, 1.82) is 0 Å². The van der Waals surface area contributed by atoms with E-state index >= 15 is 0 Å². The second kappa shape index (κ2) is 3.94. The maximum atomic E-state index is 5.75. The SMILES string of the molecule is CNc1ccc2nc(-c3ccccc3)oc2c1. The van der Waals surface area contributed by atoms with Crippen molar-refractivity contribution in [2.75, 3.05) is 12.4 Å². The molecule has 3 heteroatoms. The van der Waals surface area contributed by atoms with Crippen LogP contribution in [0.15, 0.2) is 52.9 Å². The Morgan fingerprint density at radius 2 is 1.88 bits per heavy atom. The number of fused-ring (bicyclic) bond motifs is 1. The fourth-order valence-electron chi connectivity index (χ4n) is 1.78. The van der Waals surface area contributed by atoms with Gasteiger partial charge in [-0.15, -0.1) is 0 Å². The minimum atomic E-state index is 0.661. The predicted octanol–water partition coefficient (Wildman–Crippen LogP) is 3.54. The van der Waals surface area contributed by atoms with E-state index in [1.54, 1.807) is 0 Å². The van der Waals surface area contributed by atoms with Gasteiger partial charge in [0.2, 0.25) is 5.89 Å². The molecule has 84 valence electrons. The predicted molar refractivity (Wildman–Crippen MR) is 69.0 cm³/mol. The van der Waals surface area contributed by atoms with Crippen LogP contribution in [-0.2, 0) is 0 Å². The highest BCUT2D eigenvalue weighted by Crippen LogP contribution is 2.25. The zero-order valence-electron chi connectivity index (χ0n) is 9.47. The number of aromatic nitrogens is 1. The van der Waals surface area contributed by atoms with E-state index < -0.39 is 0 Å². The van der Waals surface area contributed by atoms with Crippen LogP contribution < -0.4 is 5.32 Å². The van der Waals surface area contributed by atoms with Gasteiger partial charge in [0.25, 0.3) is 0 Å². The molecule has 1 N–H and O–H groups in total. The van der Waals surface area contributed by atoms with Crippen LogP contribution in [-0.4, -0.2) is 12.0 Å². The number of anilines is 1. The molecule has 1 aromatic heterocycles. The molecule has 2 aromatic carbocycles. The molecule has 0 aliphatic carbocycles. The van der Waals surface area contributed by atoms with E-state index in [1.165, 1.54) is 0 Å². The second-order valence-electron chi connectivity index (χ2n) is 3.82. The Kier molecular flexibility index (Phi) is 2.29. The number of benzene rings is 2. The topological polar surface area (TPSA) is 38.1 Å². The number of nitrogens with one attached hydrogen (secondary N) is 1. The van der Waals surface area contributed by atoms with Crippen LogP contribution in [0.3, 0.4) is 0 Å². The fraction of sp³-hybridized carbons (Fsp3) is 0.0714. The summed E-state index contributed by atoms with van der Waals surface area (Å²) in [4.78, 5) is 4.46. The molecule has 0 spiro atoms. The summed E-state index contributed by atoms with van der Waals surface area (Å²) in [6.07, 6.45) is 0. The molecule has 3 aromatic rings. The Balaban J connectivity index is 2.14. The highest BCUT2D eigenvalue weighted by Gasteiger charge is 2.07. The van der Waals surface area contributed by atoms with E-state index in [9.17, 15) is 0 Å². The monoisotopic (exact) mass is 224 g/mol. The van der Waals surface area contributed by atoms with Gasteiger partial charge in [0.15, 0.2) is 5.58 Å². The summed E-state index contributed by atoms with van der Waals surface area (Å²) in [5.74, 6) is 0.661. The average Bonchev–Trinajstić information content (AvgIpc) is 2.82. The average molecular weight is 224 g/mol. The van der Waals surface area contributed by atoms with E-state index in [1.807, 2.05) is 55.6 Å². The van der Waals surface area contributed by atoms with Crippen LogP contribution in [0.1, 0.15) is 0 Å². The lowest BCUT2D eigenvalue weighted by molar-refractivity contribution is 0.620. The van der Waals surface area contributed by atoms with Crippen LogP contribution in [0.4, 0.5) is 5.69 Å². The van der Waals surface area contributed by atoms with Gasteiger partial charge in [0.1, 0.15) is 5.52 Å². The van der Waals surface area contributed by atoms with Gasteiger partial charge in [-0.25, -0.2) is 4.98 Å². The quantitative estimate of drug-likeness (QED) is 0.723. The van der Waals surface area contributed by atoms with Crippen molar-refractivity contribution < 1.29 is 4.42 Å². The van der Waals surface area contributed by atoms with Gasteiger partial charge in [0, 0.05) is 24.4 Å². The summed E-state index contributed by atoms with van der Waals surface area (Å²) >= 11 is 0. The minimum absolute atomic E-state index is 0.661. The van der Waals surface area contributed by atoms with E-state index in [0.29, 0.717) is 5.89 Å². The molecule has 0 unspecified atom stereocenters. The first kappa shape index (κ1) is 9.90. The van der Waals surface area contributed by atoms with E-state index in [2.05, 4.69) is 10.3 Å². The van der Waals surface area contributed by atoms with Gasteiger partial charge in [-0.3, -0.25) is 0 Å². The van der Waals surface area contributed by atoms with E-state index in [-0.39, 0.29) is 0 Å². The third kappa shape index (κ3) is 1.76. The molecule has 0 saturated carbocycles. The molecule has 0 saturated heterocycles. The molecule has 17 heavy (non-hydrogen) atoms. The molecule has 0 amide bonds. The molecule has 0 fully saturated rings. The molecule has 0 bridgehead atoms. The van der Waals surface area contributed by atoms with Crippen LogP contribution in [0.5, 0.6) is 0 Å². The van der Waals surface area contributed by atoms with Gasteiger partial charge >= 0.3 is 0 Å². The van der Waals surface area contributed by atoms with Crippen molar-refractivity contribution in [3.05, 3.63) is 48.5 Å². The number of hydrogen-bond donors (Lipinski definition) is 1. The highest BCUT2D eigenvalue weighted by molar-refractivity contribution is 5.79. The van der Waals surface area contributed by atoms with Crippen LogP contribution in [0, 0.1) is 0 Å². The van der Waals surface area contributed by atoms with Crippen LogP contribution >= 0.6 is 0 Å². The molecule has 3 nitrogen and oxygen atoms in total. The van der Waals surface area contributed by atoms with E-state index in [0.717, 1.165) is 22.4 Å². The Hall–Kier alpha value is -2.29. The fourth-order valence-corrected chi connectivity index (χ4v) is 1.78. The van der Waals surface area contributed by atoms with Crippen molar-refractivity contribution in [2.24, 2.45) is 0 Å². The van der Waals surface area contributed by atoms with Gasteiger partial charge in [0.05, 0.1) is 0 Å². The van der Waals surface area contributed by atoms with Gasteiger partial charge < -0.3 is 9.73 Å². The zero-order chi connectivity index (χ0) is 11.7. The Morgan fingerprint density at radius 3 is 2.65 bits per heavy atom. The maximum Gasteiger partial charge on any atom is 0.227 e. The molecule has 3 rings (SSSR count). The lowest BCUT2D eigenvalue weighted by Gasteiger charge is -1.96. The Bertz CT molecular complexity index is 644. The number of nitrogens with zero attached hydrogens (tertiary/aromatic N) is 1. The largest absolute Gasteiger partial charge is 0.436 e. The van der Waals surface area contributed by atoms with Crippen molar-refractivity contribution in [3.63, 3.8) is 0 Å². The smallest absolute Gasteiger partial charge is 0.227 e. The lowest BCUT2D eigenvalue weighted by Crippen LogP contribution is -1.85. The first-order valence-electron chi connectivity index (χ1n) is 5.50. The van der Waals surface area contributed by atoms with Crippen molar-refractivity contribution in [1.82, 2.24) is 4.98 Å². The molecular weight excluding hydrogens is 212 g/mol. The van der Waals surface area contributed by atoms with Crippen molar-refractivity contribution in [2.45, 2.75) is 0 Å². The standard InChI is InChI=1S/C14H12N2O/c1-15-11-7-8-12-13(9-11)17-14(16-12)10-5-3-2-4-6-10/h2-9,15H,1H3. The molecule has 0 aliphatic heterocycles. The first-order valence-corrected chi connectivity index (χ1v) is 5.50. The maximum absolute atomic E-state index is 5.75. The number of oxazole rings is 1. The van der Waals surface area contributed by atoms with Crippen LogP contribution in [0.25, 0.3) is 22.6 Å². The van der Waals surface area contributed by atoms with Crippen molar-refractivity contribution in [3.8, 4) is 11.5 Å². The molecular formula is C14H12N2O. The van der Waals surface area contributed by atoms with Gasteiger partial charge in [-0.2, -0.15) is 0 Å². The number of hydrogen-bond acceptors (Lipinski definition) is 3. The lowest BCUT2D eigenvalue weighted by atomic mass is 10.2. The van der Waals surface area contributed by atoms with Crippen LogP contribution in [0.2, 0.25) is 0 Å². The minimum Gasteiger partial charge on any atom is -0.436 e. The molecule has 0 aliphatic rings. The zero-order valence-corrected chi connectivity index (χ0v) is 9.47. The summed E-state index contributed by atoms with van der Waals surface area (Å²) in [7, 11) is 1.88. The second-order valence-corrected chi connectivity index (χ2v) is 3.82. The summed E-state index contributed by atoms with van der Waals surface area (Å²) in [6.45, 7) is 0. The molecule has 1 heterocycles. The Labute approximate surface area is 99.1 Å². The summed E-state index contributed by atoms with van der Waals surface area (Å²) < 4.78 is 5.75. The Morgan fingerprint density at radius 1 is 1.06 bits per heavy atom. The van der Waals surface area contributed by atoms with Gasteiger partial charge in [-0.05, 0) is 24.3 Å². The number of rotatable bonds is 2. The third-order valence-electron chi connectivity index (χ3n) is 2.70. The summed E-state index contributed by atoms with van der Waals surface area (Å²) in [5.41, 5.74) is 3.70. The highest BCUT2D eigenvalue weighted by atomic mass is 16.3. The molecule has 0 atom stereocenters.